The summed E-state index contributed by atoms with van der Waals surface area (Å²) in [7, 11) is 1.67. The van der Waals surface area contributed by atoms with Crippen molar-refractivity contribution in [2.24, 2.45) is 0 Å². The summed E-state index contributed by atoms with van der Waals surface area (Å²) < 4.78 is 8.00. The van der Waals surface area contributed by atoms with Crippen LogP contribution in [-0.2, 0) is 6.67 Å². The summed E-state index contributed by atoms with van der Waals surface area (Å²) in [6.07, 6.45) is 5.21. The topological polar surface area (TPSA) is 43.5 Å². The van der Waals surface area contributed by atoms with Gasteiger partial charge in [-0.25, -0.2) is 0 Å². The molecule has 1 aliphatic rings. The van der Waals surface area contributed by atoms with Crippen molar-refractivity contribution in [3.63, 3.8) is 0 Å². The standard InChI is InChI=1S/C17H24N4OS2/c1-3-14-6-4-5-11-20(14)12-21-17(23)24-16(19-21)18-13-7-9-15(22-2)10-8-13/h7-10,14H,3-6,11-12H2,1-2H3,(H,18,19)/p+1/t14-/m0/s1. The number of rotatable bonds is 6. The van der Waals surface area contributed by atoms with Gasteiger partial charge in [-0.2, -0.15) is 4.68 Å². The highest BCUT2D eigenvalue weighted by Gasteiger charge is 2.25. The third kappa shape index (κ3) is 4.15. The van der Waals surface area contributed by atoms with Gasteiger partial charge in [-0.05, 0) is 62.2 Å². The number of quaternary nitrogens is 1. The van der Waals surface area contributed by atoms with E-state index in [1.807, 2.05) is 28.9 Å². The molecule has 0 aliphatic carbocycles. The number of ether oxygens (including phenoxy) is 1. The largest absolute Gasteiger partial charge is 0.497 e. The van der Waals surface area contributed by atoms with Crippen molar-refractivity contribution in [1.82, 2.24) is 9.78 Å². The average Bonchev–Trinajstić information content (AvgIpc) is 2.95. The summed E-state index contributed by atoms with van der Waals surface area (Å²) in [6.45, 7) is 4.38. The summed E-state index contributed by atoms with van der Waals surface area (Å²) >= 11 is 7.05. The molecule has 5 nitrogen and oxygen atoms in total. The van der Waals surface area contributed by atoms with Gasteiger partial charge in [-0.3, -0.25) is 0 Å². The Balaban J connectivity index is 1.69. The van der Waals surface area contributed by atoms with Crippen molar-refractivity contribution in [3.8, 4) is 5.75 Å². The van der Waals surface area contributed by atoms with E-state index in [1.165, 1.54) is 43.6 Å². The lowest BCUT2D eigenvalue weighted by Crippen LogP contribution is -3.15. The molecule has 1 saturated heterocycles. The van der Waals surface area contributed by atoms with Crippen LogP contribution in [0.1, 0.15) is 32.6 Å². The molecule has 1 fully saturated rings. The fourth-order valence-corrected chi connectivity index (χ4v) is 4.33. The van der Waals surface area contributed by atoms with Gasteiger partial charge >= 0.3 is 0 Å². The number of anilines is 2. The molecule has 1 aliphatic heterocycles. The molecule has 2 N–H and O–H groups in total. The molecule has 2 atom stereocenters. The van der Waals surface area contributed by atoms with Crippen molar-refractivity contribution in [1.29, 1.82) is 0 Å². The number of methoxy groups -OCH3 is 1. The van der Waals surface area contributed by atoms with Crippen LogP contribution in [0.5, 0.6) is 5.75 Å². The molecular weight excluding hydrogens is 340 g/mol. The summed E-state index contributed by atoms with van der Waals surface area (Å²) in [5, 5.41) is 8.85. The summed E-state index contributed by atoms with van der Waals surface area (Å²) in [6, 6.07) is 8.57. The highest BCUT2D eigenvalue weighted by molar-refractivity contribution is 7.73. The van der Waals surface area contributed by atoms with Crippen LogP contribution in [0.2, 0.25) is 0 Å². The van der Waals surface area contributed by atoms with Gasteiger partial charge in [0.2, 0.25) is 5.13 Å². The Morgan fingerprint density at radius 2 is 2.17 bits per heavy atom. The lowest BCUT2D eigenvalue weighted by Gasteiger charge is -2.31. The van der Waals surface area contributed by atoms with E-state index < -0.39 is 0 Å². The average molecular weight is 366 g/mol. The van der Waals surface area contributed by atoms with E-state index in [9.17, 15) is 0 Å². The highest BCUT2D eigenvalue weighted by Crippen LogP contribution is 2.22. The Labute approximate surface area is 152 Å². The Bertz CT molecular complexity index is 710. The first-order chi connectivity index (χ1) is 11.7. The maximum Gasteiger partial charge on any atom is 0.209 e. The predicted octanol–water partition coefficient (Wildman–Crippen LogP) is 3.23. The van der Waals surface area contributed by atoms with E-state index in [-0.39, 0.29) is 0 Å². The zero-order valence-electron chi connectivity index (χ0n) is 14.2. The number of hydrogen-bond acceptors (Lipinski definition) is 5. The van der Waals surface area contributed by atoms with Crippen molar-refractivity contribution < 1.29 is 9.64 Å². The molecule has 0 saturated carbocycles. The van der Waals surface area contributed by atoms with E-state index >= 15 is 0 Å². The van der Waals surface area contributed by atoms with Crippen LogP contribution in [0.3, 0.4) is 0 Å². The molecule has 130 valence electrons. The van der Waals surface area contributed by atoms with Crippen molar-refractivity contribution in [2.75, 3.05) is 19.0 Å². The minimum absolute atomic E-state index is 0.736. The van der Waals surface area contributed by atoms with Crippen LogP contribution in [0.25, 0.3) is 0 Å². The van der Waals surface area contributed by atoms with Crippen LogP contribution < -0.4 is 15.0 Å². The zero-order valence-corrected chi connectivity index (χ0v) is 15.9. The van der Waals surface area contributed by atoms with Crippen molar-refractivity contribution in [3.05, 3.63) is 28.2 Å². The maximum absolute atomic E-state index is 5.52. The SMILES string of the molecule is CC[C@H]1CCCC[NH+]1Cn1nc(Nc2ccc(OC)cc2)sc1=S. The van der Waals surface area contributed by atoms with E-state index in [0.717, 1.165) is 33.2 Å². The Kier molecular flexibility index (Phi) is 5.86. The van der Waals surface area contributed by atoms with Gasteiger partial charge in [0, 0.05) is 5.69 Å². The van der Waals surface area contributed by atoms with Crippen LogP contribution in [0.15, 0.2) is 24.3 Å². The van der Waals surface area contributed by atoms with Gasteiger partial charge in [0.25, 0.3) is 0 Å². The molecule has 24 heavy (non-hydrogen) atoms. The molecule has 2 aromatic rings. The zero-order chi connectivity index (χ0) is 16.9. The first-order valence-electron chi connectivity index (χ1n) is 8.53. The van der Waals surface area contributed by atoms with Gasteiger partial charge in [0.15, 0.2) is 10.6 Å². The monoisotopic (exact) mass is 365 g/mol. The minimum atomic E-state index is 0.736. The van der Waals surface area contributed by atoms with E-state index in [1.54, 1.807) is 12.0 Å². The van der Waals surface area contributed by atoms with Gasteiger partial charge < -0.3 is 15.0 Å². The molecule has 0 amide bonds. The van der Waals surface area contributed by atoms with Crippen molar-refractivity contribution in [2.45, 2.75) is 45.3 Å². The second kappa shape index (κ2) is 8.09. The third-order valence-electron chi connectivity index (χ3n) is 4.67. The second-order valence-corrected chi connectivity index (χ2v) is 7.82. The normalized spacial score (nSPS) is 20.8. The van der Waals surface area contributed by atoms with Crippen LogP contribution >= 0.6 is 23.6 Å². The summed E-state index contributed by atoms with van der Waals surface area (Å²) in [5.41, 5.74) is 0.989. The molecule has 1 unspecified atom stereocenters. The first-order valence-corrected chi connectivity index (χ1v) is 9.75. The molecule has 2 heterocycles. The number of nitrogens with zero attached hydrogens (tertiary/aromatic N) is 2. The number of likely N-dealkylation sites (tertiary alicyclic amines) is 1. The van der Waals surface area contributed by atoms with Gasteiger partial charge in [0.1, 0.15) is 5.75 Å². The number of benzene rings is 1. The highest BCUT2D eigenvalue weighted by atomic mass is 32.1. The Morgan fingerprint density at radius 3 is 2.88 bits per heavy atom. The molecule has 3 rings (SSSR count). The minimum Gasteiger partial charge on any atom is -0.497 e. The molecule has 0 spiro atoms. The Hall–Kier alpha value is -1.44. The maximum atomic E-state index is 5.52. The van der Waals surface area contributed by atoms with Crippen molar-refractivity contribution >= 4 is 34.4 Å². The summed E-state index contributed by atoms with van der Waals surface area (Å²) in [5.74, 6) is 0.845. The molecule has 1 aromatic carbocycles. The number of aromatic nitrogens is 2. The van der Waals surface area contributed by atoms with Crippen LogP contribution in [-0.4, -0.2) is 29.5 Å². The lowest BCUT2D eigenvalue weighted by atomic mass is 10.0. The molecule has 0 radical (unpaired) electrons. The molecule has 0 bridgehead atoms. The van der Waals surface area contributed by atoms with E-state index in [4.69, 9.17) is 17.0 Å². The van der Waals surface area contributed by atoms with Crippen LogP contribution in [0, 0.1) is 3.95 Å². The lowest BCUT2D eigenvalue weighted by molar-refractivity contribution is -0.953. The first kappa shape index (κ1) is 17.4. The van der Waals surface area contributed by atoms with Gasteiger partial charge in [0.05, 0.1) is 19.7 Å². The van der Waals surface area contributed by atoms with E-state index in [2.05, 4.69) is 17.3 Å². The molecule has 1 aromatic heterocycles. The van der Waals surface area contributed by atoms with E-state index in [0.29, 0.717) is 0 Å². The quantitative estimate of drug-likeness (QED) is 0.772. The Morgan fingerprint density at radius 1 is 1.38 bits per heavy atom. The fraction of sp³-hybridized carbons (Fsp3) is 0.529. The van der Waals surface area contributed by atoms with Gasteiger partial charge in [-0.1, -0.05) is 18.3 Å². The second-order valence-electron chi connectivity index (χ2n) is 6.19. The molecular formula is C17H25N4OS2+. The number of piperidine rings is 1. The van der Waals surface area contributed by atoms with Crippen LogP contribution in [0.4, 0.5) is 10.8 Å². The van der Waals surface area contributed by atoms with Gasteiger partial charge in [-0.15, -0.1) is 5.10 Å². The number of hydrogen-bond donors (Lipinski definition) is 2. The fourth-order valence-electron chi connectivity index (χ4n) is 3.30. The smallest absolute Gasteiger partial charge is 0.209 e. The summed E-state index contributed by atoms with van der Waals surface area (Å²) in [4.78, 5) is 1.61. The number of nitrogens with one attached hydrogen (secondary N) is 2. The molecule has 7 heteroatoms. The predicted molar refractivity (Wildman–Crippen MR) is 101 cm³/mol. The third-order valence-corrected chi connectivity index (χ3v) is 5.89.